The number of para-hydroxylation sites is 1. The Morgan fingerprint density at radius 2 is 1.45 bits per heavy atom. The highest BCUT2D eigenvalue weighted by atomic mass is 32.2. The Hall–Kier alpha value is -4.66. The second-order valence-corrected chi connectivity index (χ2v) is 13.1. The van der Waals surface area contributed by atoms with Crippen LogP contribution in [-0.2, 0) is 28.8 Å². The standard InChI is InChI=1S/C36H26F6N2O2S/c37-35(38,39)29-20-26(21-30(22-29)47(45,46)44-16-4-5-17-44)15-14-25-10-6-11-27(18-25)33-28(19-24-8-2-1-3-9-24)23-43-34-31(33)12-7-13-32(34)36(40,41)42/h1-3,6-13,18,20-23H,4-5,16-17,19H2. The number of aromatic nitrogens is 1. The summed E-state index contributed by atoms with van der Waals surface area (Å²) in [6.07, 6.45) is -6.38. The van der Waals surface area contributed by atoms with E-state index in [1.807, 2.05) is 30.3 Å². The molecular formula is C36H26F6N2O2S. The lowest BCUT2D eigenvalue weighted by molar-refractivity contribution is -0.138. The van der Waals surface area contributed by atoms with Gasteiger partial charge in [0.2, 0.25) is 10.0 Å². The van der Waals surface area contributed by atoms with Crippen molar-refractivity contribution in [3.05, 3.63) is 131 Å². The van der Waals surface area contributed by atoms with Crippen LogP contribution >= 0.6 is 0 Å². The molecule has 1 aliphatic rings. The first-order chi connectivity index (χ1) is 22.3. The number of rotatable bonds is 5. The van der Waals surface area contributed by atoms with Crippen molar-refractivity contribution in [2.75, 3.05) is 13.1 Å². The van der Waals surface area contributed by atoms with Gasteiger partial charge in [0.1, 0.15) is 0 Å². The number of alkyl halides is 6. The summed E-state index contributed by atoms with van der Waals surface area (Å²) in [6, 6.07) is 22.4. The zero-order valence-electron chi connectivity index (χ0n) is 24.7. The molecule has 6 rings (SSSR count). The molecule has 0 saturated carbocycles. The molecule has 0 amide bonds. The van der Waals surface area contributed by atoms with Crippen LogP contribution in [0, 0.1) is 11.8 Å². The lowest BCUT2D eigenvalue weighted by Gasteiger charge is -2.17. The predicted molar refractivity (Wildman–Crippen MR) is 167 cm³/mol. The number of sulfonamides is 1. The molecular weight excluding hydrogens is 638 g/mol. The van der Waals surface area contributed by atoms with Gasteiger partial charge in [0.15, 0.2) is 0 Å². The fourth-order valence-electron chi connectivity index (χ4n) is 5.74. The van der Waals surface area contributed by atoms with Gasteiger partial charge in [-0.05, 0) is 77.9 Å². The molecule has 11 heteroatoms. The average molecular weight is 665 g/mol. The van der Waals surface area contributed by atoms with Crippen LogP contribution in [0.5, 0.6) is 0 Å². The number of hydrogen-bond acceptors (Lipinski definition) is 3. The summed E-state index contributed by atoms with van der Waals surface area (Å²) in [5.74, 6) is 5.51. The average Bonchev–Trinajstić information content (AvgIpc) is 3.59. The van der Waals surface area contributed by atoms with Crippen molar-refractivity contribution < 1.29 is 34.8 Å². The number of benzene rings is 4. The molecule has 2 heterocycles. The van der Waals surface area contributed by atoms with E-state index in [9.17, 15) is 34.8 Å². The molecule has 4 nitrogen and oxygen atoms in total. The van der Waals surface area contributed by atoms with Gasteiger partial charge in [0.25, 0.3) is 0 Å². The van der Waals surface area contributed by atoms with E-state index in [4.69, 9.17) is 0 Å². The van der Waals surface area contributed by atoms with Gasteiger partial charge in [-0.3, -0.25) is 4.98 Å². The molecule has 5 aromatic rings. The minimum Gasteiger partial charge on any atom is -0.255 e. The number of pyridine rings is 1. The normalized spacial score (nSPS) is 14.3. The lowest BCUT2D eigenvalue weighted by atomic mass is 9.91. The Bertz CT molecular complexity index is 2130. The van der Waals surface area contributed by atoms with Gasteiger partial charge in [-0.15, -0.1) is 0 Å². The zero-order chi connectivity index (χ0) is 33.4. The zero-order valence-corrected chi connectivity index (χ0v) is 25.5. The van der Waals surface area contributed by atoms with Crippen molar-refractivity contribution in [1.29, 1.82) is 0 Å². The first-order valence-corrected chi connectivity index (χ1v) is 16.1. The fourth-order valence-corrected chi connectivity index (χ4v) is 7.33. The van der Waals surface area contributed by atoms with E-state index >= 15 is 0 Å². The predicted octanol–water partition coefficient (Wildman–Crippen LogP) is 8.71. The number of hydrogen-bond donors (Lipinski definition) is 0. The molecule has 240 valence electrons. The Morgan fingerprint density at radius 1 is 0.745 bits per heavy atom. The Balaban J connectivity index is 1.46. The maximum absolute atomic E-state index is 13.9. The van der Waals surface area contributed by atoms with Crippen molar-refractivity contribution in [2.24, 2.45) is 0 Å². The summed E-state index contributed by atoms with van der Waals surface area (Å²) >= 11 is 0. The van der Waals surface area contributed by atoms with Crippen molar-refractivity contribution in [3.8, 4) is 23.0 Å². The van der Waals surface area contributed by atoms with Gasteiger partial charge < -0.3 is 0 Å². The largest absolute Gasteiger partial charge is 0.418 e. The van der Waals surface area contributed by atoms with Crippen molar-refractivity contribution >= 4 is 20.9 Å². The van der Waals surface area contributed by atoms with Crippen LogP contribution in [0.15, 0.2) is 102 Å². The monoisotopic (exact) mass is 664 g/mol. The fraction of sp³-hybridized carbons (Fsp3) is 0.194. The quantitative estimate of drug-likeness (QED) is 0.140. The summed E-state index contributed by atoms with van der Waals surface area (Å²) in [4.78, 5) is 3.74. The van der Waals surface area contributed by atoms with Gasteiger partial charge in [-0.2, -0.15) is 30.6 Å². The lowest BCUT2D eigenvalue weighted by Crippen LogP contribution is -2.28. The van der Waals surface area contributed by atoms with Gasteiger partial charge in [-0.25, -0.2) is 8.42 Å². The van der Waals surface area contributed by atoms with Crippen LogP contribution in [-0.4, -0.2) is 30.8 Å². The van der Waals surface area contributed by atoms with Crippen LogP contribution in [0.1, 0.15) is 46.2 Å². The number of fused-ring (bicyclic) bond motifs is 1. The van der Waals surface area contributed by atoms with E-state index in [2.05, 4.69) is 16.8 Å². The Morgan fingerprint density at radius 3 is 2.15 bits per heavy atom. The van der Waals surface area contributed by atoms with Gasteiger partial charge in [0.05, 0.1) is 21.5 Å². The van der Waals surface area contributed by atoms with E-state index in [0.717, 1.165) is 23.8 Å². The maximum atomic E-state index is 13.9. The molecule has 1 fully saturated rings. The molecule has 0 atom stereocenters. The highest BCUT2D eigenvalue weighted by Crippen LogP contribution is 2.39. The van der Waals surface area contributed by atoms with Crippen LogP contribution in [0.25, 0.3) is 22.0 Å². The first kappa shape index (κ1) is 32.3. The number of halogens is 6. The third kappa shape index (κ3) is 6.89. The Kier molecular flexibility index (Phi) is 8.59. The molecule has 0 aliphatic carbocycles. The molecule has 0 spiro atoms. The second kappa shape index (κ2) is 12.5. The molecule has 0 unspecified atom stereocenters. The minimum absolute atomic E-state index is 0.142. The van der Waals surface area contributed by atoms with Gasteiger partial charge in [0, 0.05) is 35.8 Å². The topological polar surface area (TPSA) is 50.3 Å². The molecule has 4 aromatic carbocycles. The molecule has 1 aliphatic heterocycles. The highest BCUT2D eigenvalue weighted by Gasteiger charge is 2.35. The molecule has 1 saturated heterocycles. The van der Waals surface area contributed by atoms with Crippen molar-refractivity contribution in [2.45, 2.75) is 36.5 Å². The molecule has 0 radical (unpaired) electrons. The van der Waals surface area contributed by atoms with Crippen molar-refractivity contribution in [3.63, 3.8) is 0 Å². The van der Waals surface area contributed by atoms with Crippen molar-refractivity contribution in [1.82, 2.24) is 9.29 Å². The summed E-state index contributed by atoms with van der Waals surface area (Å²) in [5.41, 5.74) is 0.655. The van der Waals surface area contributed by atoms with Crippen LogP contribution in [0.4, 0.5) is 26.3 Å². The molecule has 47 heavy (non-hydrogen) atoms. The van der Waals surface area contributed by atoms with Crippen LogP contribution in [0.3, 0.4) is 0 Å². The van der Waals surface area contributed by atoms with E-state index in [1.165, 1.54) is 16.6 Å². The Labute approximate surface area is 267 Å². The molecule has 0 bridgehead atoms. The van der Waals surface area contributed by atoms with E-state index in [1.54, 1.807) is 30.3 Å². The van der Waals surface area contributed by atoms with E-state index in [-0.39, 0.29) is 29.6 Å². The maximum Gasteiger partial charge on any atom is 0.418 e. The van der Waals surface area contributed by atoms with Gasteiger partial charge in [-0.1, -0.05) is 66.4 Å². The number of nitrogens with zero attached hydrogens (tertiary/aromatic N) is 2. The first-order valence-electron chi connectivity index (χ1n) is 14.7. The summed E-state index contributed by atoms with van der Waals surface area (Å²) in [5, 5.41) is 0.285. The van der Waals surface area contributed by atoms with E-state index in [0.29, 0.717) is 47.6 Å². The second-order valence-electron chi connectivity index (χ2n) is 11.2. The highest BCUT2D eigenvalue weighted by molar-refractivity contribution is 7.89. The van der Waals surface area contributed by atoms with Crippen LogP contribution < -0.4 is 0 Å². The smallest absolute Gasteiger partial charge is 0.255 e. The summed E-state index contributed by atoms with van der Waals surface area (Å²) in [7, 11) is -4.16. The minimum atomic E-state index is -4.81. The summed E-state index contributed by atoms with van der Waals surface area (Å²) < 4.78 is 111. The van der Waals surface area contributed by atoms with E-state index < -0.39 is 38.4 Å². The third-order valence-electron chi connectivity index (χ3n) is 7.96. The summed E-state index contributed by atoms with van der Waals surface area (Å²) in [6.45, 7) is 0.458. The van der Waals surface area contributed by atoms with Gasteiger partial charge >= 0.3 is 12.4 Å². The SMILES string of the molecule is O=S(=O)(c1cc(C#Cc2cccc(-c3c(Cc4ccccc4)cnc4c(C(F)(F)F)cccc34)c2)cc(C(F)(F)F)c1)N1CCCC1. The molecule has 0 N–H and O–H groups in total. The molecule has 1 aromatic heterocycles. The third-order valence-corrected chi connectivity index (χ3v) is 9.83. The van der Waals surface area contributed by atoms with Crippen LogP contribution in [0.2, 0.25) is 0 Å².